The van der Waals surface area contributed by atoms with Gasteiger partial charge in [-0.25, -0.2) is 0 Å². The molecule has 0 radical (unpaired) electrons. The number of anilines is 1. The smallest absolute Gasteiger partial charge is 0.0458 e. The van der Waals surface area contributed by atoms with E-state index in [2.05, 4.69) is 44.9 Å². The van der Waals surface area contributed by atoms with Gasteiger partial charge < -0.3 is 10.6 Å². The van der Waals surface area contributed by atoms with Gasteiger partial charge in [-0.3, -0.25) is 4.90 Å². The molecule has 2 saturated heterocycles. The summed E-state index contributed by atoms with van der Waals surface area (Å²) in [6.45, 7) is 4.79. The Balaban J connectivity index is 1.63. The van der Waals surface area contributed by atoms with Gasteiger partial charge >= 0.3 is 0 Å². The normalized spacial score (nSPS) is 28.3. The molecule has 2 aliphatic heterocycles. The molecule has 3 rings (SSSR count). The van der Waals surface area contributed by atoms with Crippen molar-refractivity contribution in [3.05, 3.63) is 28.2 Å². The molecule has 3 nitrogen and oxygen atoms in total. The van der Waals surface area contributed by atoms with Crippen LogP contribution in [0.3, 0.4) is 0 Å². The molecule has 0 spiro atoms. The van der Waals surface area contributed by atoms with Crippen molar-refractivity contribution in [2.75, 3.05) is 32.4 Å². The molecule has 0 amide bonds. The van der Waals surface area contributed by atoms with Gasteiger partial charge in [-0.15, -0.1) is 0 Å². The molecule has 0 aromatic heterocycles. The number of piperidine rings is 2. The highest BCUT2D eigenvalue weighted by Crippen LogP contribution is 2.30. The standard InChI is InChI=1S/C16H24BrN3/c1-19-7-2-3-13-11-20(8-6-16(13)19)10-12-4-5-15(18)14(17)9-12/h4-5,9,13,16H,2-3,6-8,10-11,18H2,1H3. The van der Waals surface area contributed by atoms with Crippen LogP contribution >= 0.6 is 15.9 Å². The molecule has 2 heterocycles. The van der Waals surface area contributed by atoms with Crippen molar-refractivity contribution in [3.8, 4) is 0 Å². The number of nitrogens with two attached hydrogens (primary N) is 1. The number of hydrogen-bond acceptors (Lipinski definition) is 3. The maximum Gasteiger partial charge on any atom is 0.0458 e. The summed E-state index contributed by atoms with van der Waals surface area (Å²) in [5.74, 6) is 0.861. The Morgan fingerprint density at radius 3 is 2.95 bits per heavy atom. The molecule has 1 aromatic carbocycles. The van der Waals surface area contributed by atoms with Crippen molar-refractivity contribution in [3.63, 3.8) is 0 Å². The van der Waals surface area contributed by atoms with Crippen LogP contribution in [0.1, 0.15) is 24.8 Å². The Labute approximate surface area is 130 Å². The first-order valence-electron chi connectivity index (χ1n) is 7.60. The predicted octanol–water partition coefficient (Wildman–Crippen LogP) is 2.95. The Morgan fingerprint density at radius 1 is 1.30 bits per heavy atom. The van der Waals surface area contributed by atoms with Crippen molar-refractivity contribution < 1.29 is 0 Å². The van der Waals surface area contributed by atoms with E-state index in [4.69, 9.17) is 5.73 Å². The minimum atomic E-state index is 0.818. The summed E-state index contributed by atoms with van der Waals surface area (Å²) in [5.41, 5.74) is 8.03. The van der Waals surface area contributed by atoms with Gasteiger partial charge in [-0.1, -0.05) is 6.07 Å². The van der Waals surface area contributed by atoms with Crippen LogP contribution in [0.15, 0.2) is 22.7 Å². The molecule has 4 heteroatoms. The van der Waals surface area contributed by atoms with Gasteiger partial charge in [0.05, 0.1) is 0 Å². The first-order valence-corrected chi connectivity index (χ1v) is 8.39. The second-order valence-electron chi connectivity index (χ2n) is 6.33. The average molecular weight is 338 g/mol. The molecule has 0 saturated carbocycles. The molecular weight excluding hydrogens is 314 g/mol. The van der Waals surface area contributed by atoms with Crippen molar-refractivity contribution >= 4 is 21.6 Å². The number of fused-ring (bicyclic) bond motifs is 1. The Kier molecular flexibility index (Phi) is 4.34. The monoisotopic (exact) mass is 337 g/mol. The van der Waals surface area contributed by atoms with E-state index in [9.17, 15) is 0 Å². The fourth-order valence-corrected chi connectivity index (χ4v) is 4.22. The largest absolute Gasteiger partial charge is 0.398 e. The molecule has 0 bridgehead atoms. The lowest BCUT2D eigenvalue weighted by atomic mass is 9.84. The maximum absolute atomic E-state index is 5.86. The second-order valence-corrected chi connectivity index (χ2v) is 7.18. The van der Waals surface area contributed by atoms with Crippen LogP contribution in [-0.4, -0.2) is 42.5 Å². The molecule has 20 heavy (non-hydrogen) atoms. The van der Waals surface area contributed by atoms with Crippen LogP contribution in [0, 0.1) is 5.92 Å². The van der Waals surface area contributed by atoms with E-state index >= 15 is 0 Å². The molecule has 1 aromatic rings. The number of nitrogens with zero attached hydrogens (tertiary/aromatic N) is 2. The molecule has 2 atom stereocenters. The highest BCUT2D eigenvalue weighted by molar-refractivity contribution is 9.10. The Hall–Kier alpha value is -0.580. The predicted molar refractivity (Wildman–Crippen MR) is 87.6 cm³/mol. The van der Waals surface area contributed by atoms with Gasteiger partial charge in [-0.2, -0.15) is 0 Å². The summed E-state index contributed by atoms with van der Waals surface area (Å²) in [6, 6.07) is 7.13. The molecule has 2 N–H and O–H groups in total. The fraction of sp³-hybridized carbons (Fsp3) is 0.625. The average Bonchev–Trinajstić information content (AvgIpc) is 2.43. The van der Waals surface area contributed by atoms with Crippen LogP contribution < -0.4 is 5.73 Å². The van der Waals surface area contributed by atoms with Gasteiger partial charge in [0.1, 0.15) is 0 Å². The number of likely N-dealkylation sites (tertiary alicyclic amines) is 2. The third-order valence-electron chi connectivity index (χ3n) is 4.90. The minimum Gasteiger partial charge on any atom is -0.398 e. The van der Waals surface area contributed by atoms with E-state index in [1.165, 1.54) is 44.5 Å². The fourth-order valence-electron chi connectivity index (χ4n) is 3.80. The summed E-state index contributed by atoms with van der Waals surface area (Å²) in [7, 11) is 2.30. The van der Waals surface area contributed by atoms with Gasteiger partial charge in [0, 0.05) is 29.3 Å². The lowest BCUT2D eigenvalue weighted by Crippen LogP contribution is -2.52. The number of halogens is 1. The van der Waals surface area contributed by atoms with Gasteiger partial charge in [0.25, 0.3) is 0 Å². The molecule has 2 fully saturated rings. The number of hydrogen-bond donors (Lipinski definition) is 1. The first-order chi connectivity index (χ1) is 9.63. The highest BCUT2D eigenvalue weighted by Gasteiger charge is 2.33. The van der Waals surface area contributed by atoms with Crippen molar-refractivity contribution in [1.29, 1.82) is 0 Å². The number of rotatable bonds is 2. The summed E-state index contributed by atoms with van der Waals surface area (Å²) in [6.07, 6.45) is 4.08. The van der Waals surface area contributed by atoms with E-state index in [1.54, 1.807) is 0 Å². The van der Waals surface area contributed by atoms with Gasteiger partial charge in [0.2, 0.25) is 0 Å². The lowest BCUT2D eigenvalue weighted by Gasteiger charge is -2.46. The van der Waals surface area contributed by atoms with Crippen LogP contribution in [0.25, 0.3) is 0 Å². The van der Waals surface area contributed by atoms with Crippen molar-refractivity contribution in [2.24, 2.45) is 5.92 Å². The molecule has 0 aliphatic carbocycles. The Morgan fingerprint density at radius 2 is 2.15 bits per heavy atom. The molecule has 2 unspecified atom stereocenters. The summed E-state index contributed by atoms with van der Waals surface area (Å²) >= 11 is 3.52. The minimum absolute atomic E-state index is 0.818. The van der Waals surface area contributed by atoms with Crippen molar-refractivity contribution in [2.45, 2.75) is 31.8 Å². The summed E-state index contributed by atoms with van der Waals surface area (Å²) in [4.78, 5) is 5.18. The zero-order chi connectivity index (χ0) is 14.1. The topological polar surface area (TPSA) is 32.5 Å². The Bertz CT molecular complexity index is 477. The number of benzene rings is 1. The van der Waals surface area contributed by atoms with Crippen LogP contribution in [0.2, 0.25) is 0 Å². The highest BCUT2D eigenvalue weighted by atomic mass is 79.9. The van der Waals surface area contributed by atoms with Crippen molar-refractivity contribution in [1.82, 2.24) is 9.80 Å². The summed E-state index contributed by atoms with van der Waals surface area (Å²) < 4.78 is 1.02. The molecule has 2 aliphatic rings. The van der Waals surface area contributed by atoms with E-state index in [1.807, 2.05) is 6.07 Å². The second kappa shape index (κ2) is 6.04. The third-order valence-corrected chi connectivity index (χ3v) is 5.59. The van der Waals surface area contributed by atoms with E-state index in [0.717, 1.165) is 28.7 Å². The van der Waals surface area contributed by atoms with E-state index in [0.29, 0.717) is 0 Å². The van der Waals surface area contributed by atoms with Crippen LogP contribution in [0.4, 0.5) is 5.69 Å². The van der Waals surface area contributed by atoms with Gasteiger partial charge in [-0.05, 0) is 78.9 Å². The zero-order valence-electron chi connectivity index (χ0n) is 12.2. The number of nitrogen functional groups attached to an aromatic ring is 1. The molecule has 110 valence electrons. The van der Waals surface area contributed by atoms with E-state index < -0.39 is 0 Å². The third kappa shape index (κ3) is 3.02. The van der Waals surface area contributed by atoms with Crippen LogP contribution in [0.5, 0.6) is 0 Å². The summed E-state index contributed by atoms with van der Waals surface area (Å²) in [5, 5.41) is 0. The maximum atomic E-state index is 5.86. The van der Waals surface area contributed by atoms with Gasteiger partial charge in [0.15, 0.2) is 0 Å². The quantitative estimate of drug-likeness (QED) is 0.842. The first kappa shape index (κ1) is 14.4. The molecular formula is C16H24BrN3. The van der Waals surface area contributed by atoms with E-state index in [-0.39, 0.29) is 0 Å². The lowest BCUT2D eigenvalue weighted by molar-refractivity contribution is 0.0355. The van der Waals surface area contributed by atoms with Crippen LogP contribution in [-0.2, 0) is 6.54 Å². The zero-order valence-corrected chi connectivity index (χ0v) is 13.8. The SMILES string of the molecule is CN1CCCC2CN(Cc3ccc(N)c(Br)c3)CCC21.